The highest BCUT2D eigenvalue weighted by molar-refractivity contribution is 7.09. The van der Waals surface area contributed by atoms with E-state index in [0.717, 1.165) is 13.0 Å². The molecule has 9 heteroatoms. The molecule has 1 aliphatic rings. The number of rotatable bonds is 4. The van der Waals surface area contributed by atoms with Crippen LogP contribution in [-0.2, 0) is 13.1 Å². The standard InChI is InChI=1S/C12H17N5OS.2ClH/c13-7-11-15-10(16-18-11)8-17-5-2-1-3-9(17)12-14-4-6-19-12;;/h4,6,9H,1-3,5,7-8,13H2;2*1H. The van der Waals surface area contributed by atoms with Crippen LogP contribution in [-0.4, -0.2) is 26.6 Å². The second-order valence-corrected chi connectivity index (χ2v) is 5.59. The first-order valence-electron chi connectivity index (χ1n) is 6.52. The van der Waals surface area contributed by atoms with E-state index in [1.807, 2.05) is 11.6 Å². The molecule has 1 unspecified atom stereocenters. The van der Waals surface area contributed by atoms with Crippen LogP contribution in [0.2, 0.25) is 0 Å². The lowest BCUT2D eigenvalue weighted by Crippen LogP contribution is -2.33. The molecule has 118 valence electrons. The van der Waals surface area contributed by atoms with Gasteiger partial charge in [0.25, 0.3) is 0 Å². The Hall–Kier alpha value is -0.730. The van der Waals surface area contributed by atoms with Crippen molar-refractivity contribution in [1.82, 2.24) is 20.0 Å². The molecule has 3 rings (SSSR count). The number of halogens is 2. The average Bonchev–Trinajstić information content (AvgIpc) is 3.10. The summed E-state index contributed by atoms with van der Waals surface area (Å²) in [7, 11) is 0. The van der Waals surface area contributed by atoms with Gasteiger partial charge in [-0.1, -0.05) is 11.6 Å². The minimum atomic E-state index is 0. The lowest BCUT2D eigenvalue weighted by molar-refractivity contribution is 0.135. The van der Waals surface area contributed by atoms with E-state index in [1.165, 1.54) is 17.8 Å². The molecule has 1 saturated heterocycles. The van der Waals surface area contributed by atoms with E-state index in [9.17, 15) is 0 Å². The highest BCUT2D eigenvalue weighted by Crippen LogP contribution is 2.32. The van der Waals surface area contributed by atoms with Gasteiger partial charge in [-0.15, -0.1) is 36.2 Å². The van der Waals surface area contributed by atoms with Crippen molar-refractivity contribution in [2.75, 3.05) is 6.54 Å². The van der Waals surface area contributed by atoms with Crippen molar-refractivity contribution in [1.29, 1.82) is 0 Å². The summed E-state index contributed by atoms with van der Waals surface area (Å²) < 4.78 is 5.06. The molecule has 0 radical (unpaired) electrons. The Morgan fingerprint density at radius 2 is 2.24 bits per heavy atom. The van der Waals surface area contributed by atoms with Gasteiger partial charge >= 0.3 is 0 Å². The second-order valence-electron chi connectivity index (χ2n) is 4.66. The van der Waals surface area contributed by atoms with Gasteiger partial charge < -0.3 is 10.3 Å². The molecule has 2 aromatic rings. The SMILES string of the molecule is Cl.Cl.NCc1nc(CN2CCCCC2c2nccs2)no1. The maximum Gasteiger partial charge on any atom is 0.240 e. The summed E-state index contributed by atoms with van der Waals surface area (Å²) in [6, 6.07) is 0.383. The topological polar surface area (TPSA) is 81.1 Å². The molecule has 3 heterocycles. The summed E-state index contributed by atoms with van der Waals surface area (Å²) in [5.74, 6) is 1.21. The van der Waals surface area contributed by atoms with Crippen LogP contribution in [0.3, 0.4) is 0 Å². The van der Waals surface area contributed by atoms with E-state index in [-0.39, 0.29) is 24.8 Å². The Morgan fingerprint density at radius 3 is 2.90 bits per heavy atom. The predicted octanol–water partition coefficient (Wildman–Crippen LogP) is 2.56. The fourth-order valence-corrected chi connectivity index (χ4v) is 3.28. The smallest absolute Gasteiger partial charge is 0.240 e. The lowest BCUT2D eigenvalue weighted by Gasteiger charge is -2.33. The Kier molecular flexibility index (Phi) is 7.55. The van der Waals surface area contributed by atoms with Gasteiger partial charge in [-0.3, -0.25) is 4.90 Å². The highest BCUT2D eigenvalue weighted by Gasteiger charge is 2.27. The second kappa shape index (κ2) is 8.65. The summed E-state index contributed by atoms with van der Waals surface area (Å²) in [4.78, 5) is 11.1. The van der Waals surface area contributed by atoms with Gasteiger partial charge in [0.2, 0.25) is 5.89 Å². The van der Waals surface area contributed by atoms with Gasteiger partial charge in [-0.25, -0.2) is 4.98 Å². The number of piperidine rings is 1. The number of nitrogens with zero attached hydrogens (tertiary/aromatic N) is 4. The third kappa shape index (κ3) is 4.37. The van der Waals surface area contributed by atoms with Crippen LogP contribution in [0.15, 0.2) is 16.1 Å². The fourth-order valence-electron chi connectivity index (χ4n) is 2.48. The quantitative estimate of drug-likeness (QED) is 0.911. The Morgan fingerprint density at radius 1 is 1.38 bits per heavy atom. The van der Waals surface area contributed by atoms with Gasteiger partial charge in [0.1, 0.15) is 5.01 Å². The molecule has 6 nitrogen and oxygen atoms in total. The van der Waals surface area contributed by atoms with Gasteiger partial charge in [-0.05, 0) is 19.4 Å². The van der Waals surface area contributed by atoms with Crippen molar-refractivity contribution in [2.45, 2.75) is 38.4 Å². The zero-order valence-corrected chi connectivity index (χ0v) is 13.9. The maximum atomic E-state index is 5.48. The van der Waals surface area contributed by atoms with Gasteiger partial charge in [0.15, 0.2) is 5.82 Å². The van der Waals surface area contributed by atoms with Crippen molar-refractivity contribution in [3.05, 3.63) is 28.3 Å². The lowest BCUT2D eigenvalue weighted by atomic mass is 10.0. The molecular formula is C12H19Cl2N5OS. The molecule has 1 aliphatic heterocycles. The first-order valence-corrected chi connectivity index (χ1v) is 7.40. The highest BCUT2D eigenvalue weighted by atomic mass is 35.5. The van der Waals surface area contributed by atoms with E-state index in [0.29, 0.717) is 30.8 Å². The molecule has 1 fully saturated rings. The molecule has 1 atom stereocenters. The molecule has 0 saturated carbocycles. The molecule has 2 aromatic heterocycles. The van der Waals surface area contributed by atoms with Crippen LogP contribution < -0.4 is 5.73 Å². The minimum Gasteiger partial charge on any atom is -0.338 e. The van der Waals surface area contributed by atoms with E-state index < -0.39 is 0 Å². The number of hydrogen-bond donors (Lipinski definition) is 1. The molecule has 2 N–H and O–H groups in total. The van der Waals surface area contributed by atoms with Crippen molar-refractivity contribution in [2.24, 2.45) is 5.73 Å². The van der Waals surface area contributed by atoms with Crippen LogP contribution in [0.5, 0.6) is 0 Å². The summed E-state index contributed by atoms with van der Waals surface area (Å²) in [6.45, 7) is 2.05. The fraction of sp³-hybridized carbons (Fsp3) is 0.583. The van der Waals surface area contributed by atoms with Crippen molar-refractivity contribution in [3.63, 3.8) is 0 Å². The van der Waals surface area contributed by atoms with Gasteiger partial charge in [0.05, 0.1) is 19.1 Å². The number of aromatic nitrogens is 3. The average molecular weight is 352 g/mol. The van der Waals surface area contributed by atoms with Gasteiger partial charge in [0, 0.05) is 11.6 Å². The summed E-state index contributed by atoms with van der Waals surface area (Å²) >= 11 is 1.72. The van der Waals surface area contributed by atoms with Gasteiger partial charge in [-0.2, -0.15) is 4.98 Å². The van der Waals surface area contributed by atoms with Crippen molar-refractivity contribution >= 4 is 36.2 Å². The minimum absolute atomic E-state index is 0. The monoisotopic (exact) mass is 351 g/mol. The van der Waals surface area contributed by atoms with Crippen LogP contribution in [0, 0.1) is 0 Å². The van der Waals surface area contributed by atoms with E-state index in [4.69, 9.17) is 10.3 Å². The molecule has 0 bridgehead atoms. The summed E-state index contributed by atoms with van der Waals surface area (Å²) in [5.41, 5.74) is 5.48. The maximum absolute atomic E-state index is 5.48. The largest absolute Gasteiger partial charge is 0.338 e. The first kappa shape index (κ1) is 18.3. The number of thiazole rings is 1. The molecule has 0 amide bonds. The molecule has 0 aliphatic carbocycles. The van der Waals surface area contributed by atoms with Crippen LogP contribution >= 0.6 is 36.2 Å². The van der Waals surface area contributed by atoms with Crippen molar-refractivity contribution in [3.8, 4) is 0 Å². The number of likely N-dealkylation sites (tertiary alicyclic amines) is 1. The van der Waals surface area contributed by atoms with Crippen molar-refractivity contribution < 1.29 is 4.52 Å². The third-order valence-electron chi connectivity index (χ3n) is 3.38. The first-order chi connectivity index (χ1) is 9.36. The van der Waals surface area contributed by atoms with E-state index in [2.05, 4.69) is 20.0 Å². The Labute approximate surface area is 139 Å². The molecule has 0 spiro atoms. The van der Waals surface area contributed by atoms with Crippen LogP contribution in [0.25, 0.3) is 0 Å². The van der Waals surface area contributed by atoms with E-state index in [1.54, 1.807) is 11.3 Å². The Bertz CT molecular complexity index is 521. The zero-order chi connectivity index (χ0) is 13.1. The third-order valence-corrected chi connectivity index (χ3v) is 4.26. The molecule has 0 aromatic carbocycles. The molecular weight excluding hydrogens is 333 g/mol. The number of nitrogens with two attached hydrogens (primary N) is 1. The summed E-state index contributed by atoms with van der Waals surface area (Å²) in [5, 5.41) is 7.19. The van der Waals surface area contributed by atoms with Crippen LogP contribution in [0.1, 0.15) is 42.0 Å². The van der Waals surface area contributed by atoms with E-state index >= 15 is 0 Å². The predicted molar refractivity (Wildman–Crippen MR) is 85.8 cm³/mol. The normalized spacial score (nSPS) is 18.8. The molecule has 21 heavy (non-hydrogen) atoms. The Balaban J connectivity index is 0.00000110. The number of hydrogen-bond acceptors (Lipinski definition) is 7. The zero-order valence-electron chi connectivity index (χ0n) is 11.5. The summed E-state index contributed by atoms with van der Waals surface area (Å²) in [6.07, 6.45) is 5.48. The van der Waals surface area contributed by atoms with Crippen LogP contribution in [0.4, 0.5) is 0 Å².